The Morgan fingerprint density at radius 1 is 0.708 bits per heavy atom. The molecule has 0 saturated heterocycles. The van der Waals surface area contributed by atoms with Crippen molar-refractivity contribution in [3.8, 4) is 0 Å². The summed E-state index contributed by atoms with van der Waals surface area (Å²) in [6, 6.07) is 24.0. The van der Waals surface area contributed by atoms with Gasteiger partial charge in [0.25, 0.3) is 10.1 Å². The molecule has 0 amide bonds. The van der Waals surface area contributed by atoms with E-state index in [-0.39, 0.29) is 5.75 Å². The molecule has 3 aromatic heterocycles. The number of ether oxygens (including phenoxy) is 2. The molecule has 8 nitrogen and oxygen atoms in total. The molecule has 1 aromatic carbocycles. The SMILES string of the molecule is CCC(CC(CC(CC(C)c1ccccc1)c1cc[n+](CCOCCOC)cc1)c1cc[n+](CCCS(=O)(=O)O)cc1)c1ccncc1. The monoisotopic (exact) mass is 675 g/mol. The van der Waals surface area contributed by atoms with Crippen LogP contribution in [0.5, 0.6) is 0 Å². The topological polar surface area (TPSA) is 93.5 Å². The average Bonchev–Trinajstić information content (AvgIpc) is 3.10. The van der Waals surface area contributed by atoms with E-state index >= 15 is 0 Å². The first-order valence-electron chi connectivity index (χ1n) is 17.2. The predicted octanol–water partition coefficient (Wildman–Crippen LogP) is 6.63. The number of methoxy groups -OCH3 is 1. The fourth-order valence-electron chi connectivity index (χ4n) is 6.57. The number of nitrogens with zero attached hydrogens (tertiary/aromatic N) is 3. The third-order valence-electron chi connectivity index (χ3n) is 9.34. The van der Waals surface area contributed by atoms with E-state index in [2.05, 4.69) is 103 Å². The van der Waals surface area contributed by atoms with Crippen LogP contribution in [0.15, 0.2) is 104 Å². The van der Waals surface area contributed by atoms with Crippen LogP contribution in [0.2, 0.25) is 0 Å². The largest absolute Gasteiger partial charge is 0.382 e. The van der Waals surface area contributed by atoms with Gasteiger partial charge < -0.3 is 9.47 Å². The second kappa shape index (κ2) is 19.5. The number of aryl methyl sites for hydroxylation is 1. The van der Waals surface area contributed by atoms with Gasteiger partial charge in [0.05, 0.1) is 19.0 Å². The predicted molar refractivity (Wildman–Crippen MR) is 188 cm³/mol. The van der Waals surface area contributed by atoms with Gasteiger partial charge in [-0.05, 0) is 83.7 Å². The molecular weight excluding hydrogens is 623 g/mol. The minimum atomic E-state index is -3.97. The van der Waals surface area contributed by atoms with Crippen molar-refractivity contribution in [3.05, 3.63) is 126 Å². The average molecular weight is 676 g/mol. The zero-order valence-electron chi connectivity index (χ0n) is 28.7. The molecule has 4 aromatic rings. The lowest BCUT2D eigenvalue weighted by Crippen LogP contribution is -2.35. The number of hydrogen-bond acceptors (Lipinski definition) is 5. The highest BCUT2D eigenvalue weighted by molar-refractivity contribution is 7.85. The number of pyridine rings is 3. The molecule has 0 spiro atoms. The van der Waals surface area contributed by atoms with Crippen LogP contribution in [0.4, 0.5) is 0 Å². The number of aromatic nitrogens is 3. The van der Waals surface area contributed by atoms with E-state index in [0.717, 1.165) is 32.2 Å². The van der Waals surface area contributed by atoms with Crippen LogP contribution in [-0.2, 0) is 32.7 Å². The first-order chi connectivity index (χ1) is 23.3. The second-order valence-electron chi connectivity index (χ2n) is 12.8. The number of hydrogen-bond donors (Lipinski definition) is 1. The molecule has 9 heteroatoms. The molecule has 4 unspecified atom stereocenters. The summed E-state index contributed by atoms with van der Waals surface area (Å²) in [5.41, 5.74) is 5.29. The zero-order chi connectivity index (χ0) is 34.2. The number of benzene rings is 1. The molecule has 4 atom stereocenters. The summed E-state index contributed by atoms with van der Waals surface area (Å²) in [6.45, 7) is 7.75. The molecule has 258 valence electrons. The minimum absolute atomic E-state index is 0.242. The summed E-state index contributed by atoms with van der Waals surface area (Å²) in [7, 11) is -2.29. The molecule has 1 N–H and O–H groups in total. The Balaban J connectivity index is 1.61. The molecule has 0 aliphatic carbocycles. The lowest BCUT2D eigenvalue weighted by atomic mass is 9.75. The van der Waals surface area contributed by atoms with Gasteiger partial charge in [-0.2, -0.15) is 8.42 Å². The first-order valence-corrected chi connectivity index (χ1v) is 18.8. The summed E-state index contributed by atoms with van der Waals surface area (Å²) >= 11 is 0. The highest BCUT2D eigenvalue weighted by Gasteiger charge is 2.26. The fourth-order valence-corrected chi connectivity index (χ4v) is 7.06. The van der Waals surface area contributed by atoms with Gasteiger partial charge in [-0.25, -0.2) is 9.13 Å². The van der Waals surface area contributed by atoms with Crippen LogP contribution in [0.1, 0.15) is 91.9 Å². The highest BCUT2D eigenvalue weighted by Crippen LogP contribution is 2.41. The summed E-state index contributed by atoms with van der Waals surface area (Å²) in [5, 5.41) is 0. The Kier molecular flexibility index (Phi) is 15.2. The Morgan fingerprint density at radius 2 is 1.27 bits per heavy atom. The molecule has 0 fully saturated rings. The van der Waals surface area contributed by atoms with Crippen LogP contribution in [0.25, 0.3) is 0 Å². The standard InChI is InChI=1S/C39H52N3O5S/c1-4-33(35-11-17-40-18-12-35)30-39(37-13-20-41(21-14-37)19-8-28-48(43,44)45)31-38(29-32(2)34-9-6-5-7-10-34)36-15-22-42(23-16-36)24-25-47-27-26-46-3/h5-7,9-18,20-23,32-33,38-39H,4,8,19,24-31H2,1-3H3/q+1/p+1. The van der Waals surface area contributed by atoms with Crippen molar-refractivity contribution in [2.75, 3.05) is 32.7 Å². The van der Waals surface area contributed by atoms with Crippen molar-refractivity contribution >= 4 is 10.1 Å². The van der Waals surface area contributed by atoms with E-state index in [9.17, 15) is 8.42 Å². The summed E-state index contributed by atoms with van der Waals surface area (Å²) < 4.78 is 46.6. The Morgan fingerprint density at radius 3 is 1.85 bits per heavy atom. The molecular formula is C39H53N3O5S+2. The maximum absolute atomic E-state index is 11.2. The van der Waals surface area contributed by atoms with E-state index in [4.69, 9.17) is 14.0 Å². The smallest absolute Gasteiger partial charge is 0.265 e. The fraction of sp³-hybridized carbons (Fsp3) is 0.462. The second-order valence-corrected chi connectivity index (χ2v) is 14.4. The van der Waals surface area contributed by atoms with Gasteiger partial charge in [0.1, 0.15) is 13.2 Å². The Hall–Kier alpha value is -3.50. The first kappa shape index (κ1) is 37.3. The van der Waals surface area contributed by atoms with E-state index < -0.39 is 10.1 Å². The lowest BCUT2D eigenvalue weighted by Gasteiger charge is -2.29. The van der Waals surface area contributed by atoms with Gasteiger partial charge in [-0.3, -0.25) is 9.54 Å². The van der Waals surface area contributed by atoms with Crippen LogP contribution in [-0.4, -0.2) is 50.6 Å². The normalized spacial score (nSPS) is 14.3. The van der Waals surface area contributed by atoms with Crippen molar-refractivity contribution < 1.29 is 31.6 Å². The minimum Gasteiger partial charge on any atom is -0.382 e. The van der Waals surface area contributed by atoms with E-state index in [1.807, 2.05) is 29.4 Å². The van der Waals surface area contributed by atoms with Crippen molar-refractivity contribution in [1.29, 1.82) is 0 Å². The van der Waals surface area contributed by atoms with Gasteiger partial charge in [-0.15, -0.1) is 0 Å². The number of rotatable bonds is 21. The highest BCUT2D eigenvalue weighted by atomic mass is 32.2. The van der Waals surface area contributed by atoms with Gasteiger partial charge in [-0.1, -0.05) is 44.2 Å². The van der Waals surface area contributed by atoms with Crippen molar-refractivity contribution in [1.82, 2.24) is 4.98 Å². The molecule has 0 aliphatic rings. The summed E-state index contributed by atoms with van der Waals surface area (Å²) in [5.74, 6) is 1.16. The summed E-state index contributed by atoms with van der Waals surface area (Å²) in [4.78, 5) is 4.27. The van der Waals surface area contributed by atoms with Gasteiger partial charge >= 0.3 is 0 Å². The van der Waals surface area contributed by atoms with Gasteiger partial charge in [0.2, 0.25) is 0 Å². The van der Waals surface area contributed by atoms with Crippen LogP contribution < -0.4 is 9.13 Å². The molecule has 0 aliphatic heterocycles. The van der Waals surface area contributed by atoms with Crippen molar-refractivity contribution in [2.24, 2.45) is 0 Å². The summed E-state index contributed by atoms with van der Waals surface area (Å²) in [6.07, 6.45) is 16.6. The molecule has 0 radical (unpaired) electrons. The van der Waals surface area contributed by atoms with E-state index in [0.29, 0.717) is 56.5 Å². The van der Waals surface area contributed by atoms with E-state index in [1.54, 1.807) is 7.11 Å². The molecule has 0 saturated carbocycles. The third kappa shape index (κ3) is 12.5. The van der Waals surface area contributed by atoms with Crippen LogP contribution >= 0.6 is 0 Å². The van der Waals surface area contributed by atoms with Crippen molar-refractivity contribution in [2.45, 2.75) is 82.7 Å². The van der Waals surface area contributed by atoms with Crippen LogP contribution in [0.3, 0.4) is 0 Å². The molecule has 0 bridgehead atoms. The maximum Gasteiger partial charge on any atom is 0.265 e. The Bertz CT molecular complexity index is 1570. The third-order valence-corrected chi connectivity index (χ3v) is 10.1. The quantitative estimate of drug-likeness (QED) is 0.0606. The van der Waals surface area contributed by atoms with Gasteiger partial charge in [0.15, 0.2) is 31.3 Å². The zero-order valence-corrected chi connectivity index (χ0v) is 29.5. The molecule has 48 heavy (non-hydrogen) atoms. The van der Waals surface area contributed by atoms with E-state index in [1.165, 1.54) is 22.3 Å². The van der Waals surface area contributed by atoms with Gasteiger partial charge in [0, 0.05) is 50.2 Å². The maximum atomic E-state index is 11.2. The molecule has 4 rings (SSSR count). The van der Waals surface area contributed by atoms with Crippen molar-refractivity contribution in [3.63, 3.8) is 0 Å². The van der Waals surface area contributed by atoms with Crippen LogP contribution in [0, 0.1) is 0 Å². The Labute approximate surface area is 287 Å². The molecule has 3 heterocycles. The lowest BCUT2D eigenvalue weighted by molar-refractivity contribution is -0.698.